The number of carbonyl (C=O) groups is 2. The second kappa shape index (κ2) is 3.84. The Bertz CT molecular complexity index is 291. The summed E-state index contributed by atoms with van der Waals surface area (Å²) in [6.45, 7) is 1.27. The van der Waals surface area contributed by atoms with Crippen molar-refractivity contribution in [3.05, 3.63) is 18.2 Å². The number of carboxylic acids is 1. The number of aromatic amines is 1. The summed E-state index contributed by atoms with van der Waals surface area (Å²) in [7, 11) is 0. The van der Waals surface area contributed by atoms with Crippen LogP contribution in [0.2, 0.25) is 0 Å². The van der Waals surface area contributed by atoms with E-state index in [1.54, 1.807) is 6.20 Å². The summed E-state index contributed by atoms with van der Waals surface area (Å²) < 4.78 is 0. The third-order valence-electron chi connectivity index (χ3n) is 1.76. The van der Waals surface area contributed by atoms with E-state index in [1.807, 2.05) is 0 Å². The van der Waals surface area contributed by atoms with Crippen molar-refractivity contribution in [1.82, 2.24) is 9.97 Å². The fourth-order valence-corrected chi connectivity index (χ4v) is 1.02. The minimum Gasteiger partial charge on any atom is -0.481 e. The van der Waals surface area contributed by atoms with Crippen LogP contribution in [0.4, 0.5) is 0 Å². The summed E-state index contributed by atoms with van der Waals surface area (Å²) >= 11 is 0. The normalized spacial score (nSPS) is 12.4. The number of nitrogens with zero attached hydrogens (tertiary/aromatic N) is 1. The molecule has 5 heteroatoms. The summed E-state index contributed by atoms with van der Waals surface area (Å²) in [5.74, 6) is -2.44. The van der Waals surface area contributed by atoms with Crippen LogP contribution in [0, 0.1) is 5.92 Å². The molecule has 1 atom stereocenters. The highest BCUT2D eigenvalue weighted by molar-refractivity contribution is 5.97. The van der Waals surface area contributed by atoms with Gasteiger partial charge in [-0.1, -0.05) is 0 Å². The lowest BCUT2D eigenvalue weighted by atomic mass is 10.00. The molecule has 1 aromatic rings. The first kappa shape index (κ1) is 9.44. The van der Waals surface area contributed by atoms with Gasteiger partial charge in [-0.2, -0.15) is 0 Å². The zero-order valence-electron chi connectivity index (χ0n) is 7.15. The van der Waals surface area contributed by atoms with Crippen LogP contribution in [0.1, 0.15) is 12.6 Å². The van der Waals surface area contributed by atoms with E-state index in [4.69, 9.17) is 5.11 Å². The van der Waals surface area contributed by atoms with Crippen LogP contribution in [-0.4, -0.2) is 26.8 Å². The van der Waals surface area contributed by atoms with Gasteiger partial charge in [0.25, 0.3) is 0 Å². The molecule has 0 bridgehead atoms. The van der Waals surface area contributed by atoms with Crippen molar-refractivity contribution in [3.63, 3.8) is 0 Å². The minimum absolute atomic E-state index is 0.147. The van der Waals surface area contributed by atoms with Gasteiger partial charge in [-0.3, -0.25) is 9.59 Å². The molecule has 0 aromatic carbocycles. The average Bonchev–Trinajstić information content (AvgIpc) is 2.50. The van der Waals surface area contributed by atoms with Gasteiger partial charge in [0, 0.05) is 12.6 Å². The Balaban J connectivity index is 2.69. The van der Waals surface area contributed by atoms with Crippen LogP contribution in [0.25, 0.3) is 0 Å². The third-order valence-corrected chi connectivity index (χ3v) is 1.76. The predicted octanol–water partition coefficient (Wildman–Crippen LogP) is 0.242. The van der Waals surface area contributed by atoms with Crippen LogP contribution in [0.5, 0.6) is 0 Å². The van der Waals surface area contributed by atoms with E-state index in [0.29, 0.717) is 5.69 Å². The van der Waals surface area contributed by atoms with E-state index < -0.39 is 11.9 Å². The van der Waals surface area contributed by atoms with Gasteiger partial charge >= 0.3 is 5.97 Å². The lowest BCUT2D eigenvalue weighted by Gasteiger charge is -2.05. The summed E-state index contributed by atoms with van der Waals surface area (Å²) in [6, 6.07) is 0. The van der Waals surface area contributed by atoms with E-state index in [2.05, 4.69) is 9.97 Å². The number of ketones is 1. The van der Waals surface area contributed by atoms with Crippen LogP contribution < -0.4 is 0 Å². The molecule has 0 aliphatic heterocycles. The number of carbonyl (C=O) groups excluding carboxylic acids is 1. The van der Waals surface area contributed by atoms with Gasteiger partial charge < -0.3 is 10.1 Å². The molecule has 0 radical (unpaired) electrons. The fraction of sp³-hybridized carbons (Fsp3) is 0.375. The van der Waals surface area contributed by atoms with Gasteiger partial charge in [0.1, 0.15) is 11.7 Å². The minimum atomic E-state index is -1.10. The van der Waals surface area contributed by atoms with E-state index in [0.717, 1.165) is 0 Å². The second-order valence-corrected chi connectivity index (χ2v) is 2.77. The SMILES string of the molecule is CC(=O)[C@H](Cc1c[nH]cn1)C(=O)O. The number of rotatable bonds is 4. The second-order valence-electron chi connectivity index (χ2n) is 2.77. The van der Waals surface area contributed by atoms with Crippen molar-refractivity contribution < 1.29 is 14.7 Å². The highest BCUT2D eigenvalue weighted by atomic mass is 16.4. The molecule has 0 fully saturated rings. The van der Waals surface area contributed by atoms with Crippen LogP contribution in [0.15, 0.2) is 12.5 Å². The molecule has 0 amide bonds. The maximum Gasteiger partial charge on any atom is 0.314 e. The highest BCUT2D eigenvalue weighted by Crippen LogP contribution is 2.07. The van der Waals surface area contributed by atoms with E-state index in [9.17, 15) is 9.59 Å². The van der Waals surface area contributed by atoms with Crippen molar-refractivity contribution in [2.24, 2.45) is 5.92 Å². The van der Waals surface area contributed by atoms with E-state index >= 15 is 0 Å². The Morgan fingerprint density at radius 3 is 2.77 bits per heavy atom. The molecular formula is C8H10N2O3. The van der Waals surface area contributed by atoms with Gasteiger partial charge in [-0.25, -0.2) is 4.98 Å². The molecule has 5 nitrogen and oxygen atoms in total. The molecule has 0 spiro atoms. The molecule has 13 heavy (non-hydrogen) atoms. The lowest BCUT2D eigenvalue weighted by molar-refractivity contribution is -0.145. The number of hydrogen-bond acceptors (Lipinski definition) is 3. The smallest absolute Gasteiger partial charge is 0.314 e. The molecule has 1 aromatic heterocycles. The standard InChI is InChI=1S/C8H10N2O3/c1-5(11)7(8(12)13)2-6-3-9-4-10-6/h3-4,7H,2H2,1H3,(H,9,10)(H,12,13)/t7-/m0/s1. The monoisotopic (exact) mass is 182 g/mol. The molecule has 1 rings (SSSR count). The first-order valence-corrected chi connectivity index (χ1v) is 3.82. The zero-order chi connectivity index (χ0) is 9.84. The van der Waals surface area contributed by atoms with Gasteiger partial charge in [0.05, 0.1) is 12.0 Å². The van der Waals surface area contributed by atoms with Crippen molar-refractivity contribution in [2.45, 2.75) is 13.3 Å². The molecule has 70 valence electrons. The number of imidazole rings is 1. The van der Waals surface area contributed by atoms with Gasteiger partial charge in [-0.05, 0) is 6.92 Å². The molecule has 0 unspecified atom stereocenters. The van der Waals surface area contributed by atoms with Crippen LogP contribution >= 0.6 is 0 Å². The van der Waals surface area contributed by atoms with Gasteiger partial charge in [0.15, 0.2) is 0 Å². The molecule has 0 aliphatic rings. The molecule has 0 saturated carbocycles. The number of aliphatic carboxylic acids is 1. The summed E-state index contributed by atoms with van der Waals surface area (Å²) in [5, 5.41) is 8.68. The third kappa shape index (κ3) is 2.40. The molecule has 0 saturated heterocycles. The Hall–Kier alpha value is -1.65. The fourth-order valence-electron chi connectivity index (χ4n) is 1.02. The van der Waals surface area contributed by atoms with Gasteiger partial charge in [-0.15, -0.1) is 0 Å². The number of Topliss-reactive ketones (excluding diaryl/α,β-unsaturated/α-hetero) is 1. The molecule has 2 N–H and O–H groups in total. The van der Waals surface area contributed by atoms with Crippen molar-refractivity contribution in [3.8, 4) is 0 Å². The predicted molar refractivity (Wildman–Crippen MR) is 44.1 cm³/mol. The van der Waals surface area contributed by atoms with Crippen molar-refractivity contribution >= 4 is 11.8 Å². The largest absolute Gasteiger partial charge is 0.481 e. The Kier molecular flexibility index (Phi) is 2.79. The molecule has 1 heterocycles. The number of aromatic nitrogens is 2. The average molecular weight is 182 g/mol. The summed E-state index contributed by atoms with van der Waals surface area (Å²) in [5.41, 5.74) is 0.586. The number of H-pyrrole nitrogens is 1. The zero-order valence-corrected chi connectivity index (χ0v) is 7.15. The van der Waals surface area contributed by atoms with Crippen LogP contribution in [0.3, 0.4) is 0 Å². The van der Waals surface area contributed by atoms with E-state index in [-0.39, 0.29) is 12.2 Å². The van der Waals surface area contributed by atoms with E-state index in [1.165, 1.54) is 13.3 Å². The quantitative estimate of drug-likeness (QED) is 0.653. The Morgan fingerprint density at radius 1 is 1.69 bits per heavy atom. The maximum absolute atomic E-state index is 10.9. The van der Waals surface area contributed by atoms with Crippen molar-refractivity contribution in [2.75, 3.05) is 0 Å². The molecular weight excluding hydrogens is 172 g/mol. The topological polar surface area (TPSA) is 83.0 Å². The number of nitrogens with one attached hydrogen (secondary N) is 1. The number of hydrogen-bond donors (Lipinski definition) is 2. The Labute approximate surface area is 74.8 Å². The first-order chi connectivity index (χ1) is 6.11. The first-order valence-electron chi connectivity index (χ1n) is 3.82. The summed E-state index contributed by atoms with van der Waals surface area (Å²) in [6.07, 6.45) is 3.18. The van der Waals surface area contributed by atoms with Gasteiger partial charge in [0.2, 0.25) is 0 Å². The maximum atomic E-state index is 10.9. The molecule has 0 aliphatic carbocycles. The lowest BCUT2D eigenvalue weighted by Crippen LogP contribution is -2.23. The Morgan fingerprint density at radius 2 is 2.38 bits per heavy atom. The number of carboxylic acid groups (broad SMARTS) is 1. The van der Waals surface area contributed by atoms with Crippen molar-refractivity contribution in [1.29, 1.82) is 0 Å². The van der Waals surface area contributed by atoms with Crippen LogP contribution in [-0.2, 0) is 16.0 Å². The highest BCUT2D eigenvalue weighted by Gasteiger charge is 2.23. The summed E-state index contributed by atoms with van der Waals surface area (Å²) in [4.78, 5) is 28.0.